The highest BCUT2D eigenvalue weighted by Gasteiger charge is 2.26. The van der Waals surface area contributed by atoms with Gasteiger partial charge in [0.05, 0.1) is 19.3 Å². The molecule has 1 heterocycles. The molecule has 1 N–H and O–H groups in total. The number of amides is 2. The summed E-state index contributed by atoms with van der Waals surface area (Å²) in [6.07, 6.45) is 0. The van der Waals surface area contributed by atoms with Crippen molar-refractivity contribution in [2.75, 3.05) is 30.5 Å². The molecule has 0 fully saturated rings. The normalized spacial score (nSPS) is 12.6. The molecule has 0 bridgehead atoms. The van der Waals surface area contributed by atoms with Gasteiger partial charge >= 0.3 is 0 Å². The Bertz CT molecular complexity index is 1130. The maximum Gasteiger partial charge on any atom is 0.265 e. The number of benzene rings is 3. The summed E-state index contributed by atoms with van der Waals surface area (Å²) in [5, 5.41) is 2.75. The maximum atomic E-state index is 13.2. The molecule has 3 aromatic carbocycles. The van der Waals surface area contributed by atoms with Crippen molar-refractivity contribution in [3.05, 3.63) is 78.1 Å². The number of fused-ring (bicyclic) bond motifs is 1. The number of methoxy groups -OCH3 is 1. The third-order valence-electron chi connectivity index (χ3n) is 4.85. The Balaban J connectivity index is 1.41. The molecular weight excluding hydrogens is 415 g/mol. The fourth-order valence-electron chi connectivity index (χ4n) is 3.26. The van der Waals surface area contributed by atoms with Crippen molar-refractivity contribution in [1.82, 2.24) is 0 Å². The number of hydrogen-bond donors (Lipinski definition) is 1. The van der Waals surface area contributed by atoms with Crippen molar-refractivity contribution in [3.8, 4) is 17.2 Å². The highest BCUT2D eigenvalue weighted by molar-refractivity contribution is 5.99. The van der Waals surface area contributed by atoms with Gasteiger partial charge in [-0.1, -0.05) is 18.2 Å². The van der Waals surface area contributed by atoms with E-state index in [1.54, 1.807) is 66.6 Å². The van der Waals surface area contributed by atoms with Crippen molar-refractivity contribution in [2.24, 2.45) is 0 Å². The summed E-state index contributed by atoms with van der Waals surface area (Å²) in [5.74, 6) is 0.738. The Kier molecular flexibility index (Phi) is 6.21. The summed E-state index contributed by atoms with van der Waals surface area (Å²) in [7, 11) is 1.55. The lowest BCUT2D eigenvalue weighted by Crippen LogP contribution is -2.38. The highest BCUT2D eigenvalue weighted by atomic mass is 19.1. The topological polar surface area (TPSA) is 77.1 Å². The fraction of sp³-hybridized carbons (Fsp3) is 0.167. The second-order valence-electron chi connectivity index (χ2n) is 7.09. The van der Waals surface area contributed by atoms with Crippen LogP contribution in [0, 0.1) is 5.82 Å². The lowest BCUT2D eigenvalue weighted by Gasteiger charge is -2.29. The monoisotopic (exact) mass is 436 g/mol. The molecule has 1 aliphatic heterocycles. The molecule has 1 aliphatic rings. The average molecular weight is 436 g/mol. The van der Waals surface area contributed by atoms with E-state index in [0.717, 1.165) is 5.56 Å². The van der Waals surface area contributed by atoms with E-state index in [1.165, 1.54) is 12.1 Å². The molecule has 7 nitrogen and oxygen atoms in total. The summed E-state index contributed by atoms with van der Waals surface area (Å²) in [4.78, 5) is 26.3. The van der Waals surface area contributed by atoms with Crippen LogP contribution in [0.15, 0.2) is 66.7 Å². The van der Waals surface area contributed by atoms with E-state index in [1.807, 2.05) is 0 Å². The molecule has 164 valence electrons. The first kappa shape index (κ1) is 21.2. The van der Waals surface area contributed by atoms with Crippen LogP contribution >= 0.6 is 0 Å². The molecule has 2 amide bonds. The number of ether oxygens (including phenoxy) is 3. The van der Waals surface area contributed by atoms with Gasteiger partial charge in [0, 0.05) is 17.8 Å². The minimum absolute atomic E-state index is 0.120. The summed E-state index contributed by atoms with van der Waals surface area (Å²) in [5.41, 5.74) is 1.88. The van der Waals surface area contributed by atoms with Gasteiger partial charge < -0.3 is 24.4 Å². The smallest absolute Gasteiger partial charge is 0.265 e. The lowest BCUT2D eigenvalue weighted by molar-refractivity contribution is -0.121. The van der Waals surface area contributed by atoms with Gasteiger partial charge in [-0.15, -0.1) is 0 Å². The number of halogens is 1. The molecular formula is C24H21FN2O5. The van der Waals surface area contributed by atoms with E-state index < -0.39 is 0 Å². The molecule has 0 spiro atoms. The summed E-state index contributed by atoms with van der Waals surface area (Å²) < 4.78 is 29.3. The van der Waals surface area contributed by atoms with E-state index in [9.17, 15) is 14.0 Å². The second-order valence-corrected chi connectivity index (χ2v) is 7.09. The minimum Gasteiger partial charge on any atom is -0.497 e. The molecule has 0 radical (unpaired) electrons. The van der Waals surface area contributed by atoms with E-state index in [0.29, 0.717) is 28.6 Å². The van der Waals surface area contributed by atoms with Crippen LogP contribution in [-0.2, 0) is 16.1 Å². The maximum absolute atomic E-state index is 13.2. The fourth-order valence-corrected chi connectivity index (χ4v) is 3.26. The quantitative estimate of drug-likeness (QED) is 0.610. The van der Waals surface area contributed by atoms with Crippen LogP contribution in [0.25, 0.3) is 0 Å². The first-order chi connectivity index (χ1) is 15.5. The van der Waals surface area contributed by atoms with Crippen molar-refractivity contribution in [2.45, 2.75) is 6.54 Å². The zero-order valence-electron chi connectivity index (χ0n) is 17.3. The minimum atomic E-state index is -0.345. The summed E-state index contributed by atoms with van der Waals surface area (Å²) >= 11 is 0. The molecule has 4 rings (SSSR count). The predicted molar refractivity (Wildman–Crippen MR) is 117 cm³/mol. The van der Waals surface area contributed by atoms with Gasteiger partial charge in [-0.3, -0.25) is 9.59 Å². The van der Waals surface area contributed by atoms with Crippen LogP contribution in [-0.4, -0.2) is 32.1 Å². The number of nitrogens with zero attached hydrogens (tertiary/aromatic N) is 1. The largest absolute Gasteiger partial charge is 0.497 e. The number of anilines is 2. The molecule has 32 heavy (non-hydrogen) atoms. The molecule has 0 saturated carbocycles. The zero-order chi connectivity index (χ0) is 22.5. The average Bonchev–Trinajstić information content (AvgIpc) is 2.81. The molecule has 0 unspecified atom stereocenters. The summed E-state index contributed by atoms with van der Waals surface area (Å²) in [6.45, 7) is -0.0135. The second kappa shape index (κ2) is 9.38. The Labute approximate surface area is 184 Å². The van der Waals surface area contributed by atoms with Crippen LogP contribution in [0.5, 0.6) is 17.2 Å². The zero-order valence-corrected chi connectivity index (χ0v) is 17.3. The van der Waals surface area contributed by atoms with Crippen LogP contribution in [0.3, 0.4) is 0 Å². The molecule has 0 aliphatic carbocycles. The molecule has 0 atom stereocenters. The Morgan fingerprint density at radius 2 is 1.88 bits per heavy atom. The van der Waals surface area contributed by atoms with Gasteiger partial charge in [-0.25, -0.2) is 4.39 Å². The van der Waals surface area contributed by atoms with Crippen molar-refractivity contribution < 1.29 is 28.2 Å². The first-order valence-electron chi connectivity index (χ1n) is 9.90. The van der Waals surface area contributed by atoms with E-state index in [2.05, 4.69) is 5.32 Å². The number of carbonyl (C=O) groups excluding carboxylic acids is 2. The van der Waals surface area contributed by atoms with Gasteiger partial charge in [0.15, 0.2) is 13.2 Å². The Morgan fingerprint density at radius 1 is 1.09 bits per heavy atom. The molecule has 3 aromatic rings. The number of hydrogen-bond acceptors (Lipinski definition) is 5. The summed E-state index contributed by atoms with van der Waals surface area (Å²) in [6, 6.07) is 18.0. The Morgan fingerprint density at radius 3 is 2.66 bits per heavy atom. The van der Waals surface area contributed by atoms with Gasteiger partial charge in [0.25, 0.3) is 11.8 Å². The van der Waals surface area contributed by atoms with Crippen LogP contribution in [0.2, 0.25) is 0 Å². The third-order valence-corrected chi connectivity index (χ3v) is 4.85. The van der Waals surface area contributed by atoms with E-state index >= 15 is 0 Å². The van der Waals surface area contributed by atoms with Gasteiger partial charge in [0.1, 0.15) is 23.1 Å². The van der Waals surface area contributed by atoms with Crippen molar-refractivity contribution >= 4 is 23.2 Å². The number of carbonyl (C=O) groups is 2. The first-order valence-corrected chi connectivity index (χ1v) is 9.90. The van der Waals surface area contributed by atoms with Crippen molar-refractivity contribution in [3.63, 3.8) is 0 Å². The molecule has 0 aromatic heterocycles. The number of nitrogens with one attached hydrogen (secondary N) is 1. The predicted octanol–water partition coefficient (Wildman–Crippen LogP) is 3.78. The van der Waals surface area contributed by atoms with Gasteiger partial charge in [0.2, 0.25) is 0 Å². The van der Waals surface area contributed by atoms with Gasteiger partial charge in [-0.2, -0.15) is 0 Å². The highest BCUT2D eigenvalue weighted by Crippen LogP contribution is 2.35. The van der Waals surface area contributed by atoms with E-state index in [-0.39, 0.29) is 37.4 Å². The SMILES string of the molecule is COc1cccc(OCC(=O)Nc2ccc3c(c2)OCC(=O)N3Cc2ccc(F)cc2)c1. The van der Waals surface area contributed by atoms with Crippen LogP contribution in [0.4, 0.5) is 15.8 Å². The van der Waals surface area contributed by atoms with Crippen LogP contribution < -0.4 is 24.4 Å². The van der Waals surface area contributed by atoms with E-state index in [4.69, 9.17) is 14.2 Å². The Hall–Kier alpha value is -4.07. The lowest BCUT2D eigenvalue weighted by atomic mass is 10.1. The standard InChI is InChI=1S/C24H21FN2O5/c1-30-19-3-2-4-20(12-19)31-14-23(28)26-18-9-10-21-22(11-18)32-15-24(29)27(21)13-16-5-7-17(25)8-6-16/h2-12H,13-15H2,1H3,(H,26,28). The molecule has 0 saturated heterocycles. The van der Waals surface area contributed by atoms with Crippen molar-refractivity contribution in [1.29, 1.82) is 0 Å². The number of rotatable bonds is 7. The third kappa shape index (κ3) is 4.97. The van der Waals surface area contributed by atoms with Crippen LogP contribution in [0.1, 0.15) is 5.56 Å². The van der Waals surface area contributed by atoms with Gasteiger partial charge in [-0.05, 0) is 42.0 Å². The molecule has 8 heteroatoms.